The standard InChI is InChI=1S/C14H14OS3.C7H7S.BrH.Cl2OS.Mg/c1-16-11-5-3-7-13(9-11)18(15)14-8-4-6-12(10-14)17-2;1-8-7-5-3-2-4-6-7;;1-4(2)3;/h3-10H,1-2H3;2-3,5-6H,1H3;1H;;/q;-1;;;+2/p-1. The van der Waals surface area contributed by atoms with Gasteiger partial charge in [0.2, 0.25) is 9.23 Å². The number of benzene rings is 3. The molecule has 3 aromatic carbocycles. The van der Waals surface area contributed by atoms with Crippen molar-refractivity contribution in [2.45, 2.75) is 24.5 Å². The van der Waals surface area contributed by atoms with Gasteiger partial charge in [0.1, 0.15) is 0 Å². The number of hydrogen-bond donors (Lipinski definition) is 0. The molecule has 2 nitrogen and oxygen atoms in total. The number of rotatable bonds is 5. The van der Waals surface area contributed by atoms with E-state index in [0.29, 0.717) is 0 Å². The molecule has 0 aliphatic heterocycles. The first-order valence-electron chi connectivity index (χ1n) is 8.35. The second-order valence-electron chi connectivity index (χ2n) is 5.25. The number of hydrogen-bond acceptors (Lipinski definition) is 5. The maximum atomic E-state index is 12.5. The van der Waals surface area contributed by atoms with Gasteiger partial charge in [0.15, 0.2) is 0 Å². The molecule has 32 heavy (non-hydrogen) atoms. The summed E-state index contributed by atoms with van der Waals surface area (Å²) in [4.78, 5) is 5.27. The van der Waals surface area contributed by atoms with Crippen molar-refractivity contribution in [2.24, 2.45) is 0 Å². The Morgan fingerprint density at radius 3 is 1.47 bits per heavy atom. The van der Waals surface area contributed by atoms with E-state index >= 15 is 0 Å². The molecule has 0 saturated heterocycles. The predicted molar refractivity (Wildman–Crippen MR) is 144 cm³/mol. The molecular formula is C21H21BrCl2MgO2S5. The first-order chi connectivity index (χ1) is 14.4. The molecule has 0 saturated carbocycles. The van der Waals surface area contributed by atoms with Crippen molar-refractivity contribution in [3.8, 4) is 0 Å². The summed E-state index contributed by atoms with van der Waals surface area (Å²) in [6.45, 7) is 0. The maximum Gasteiger partial charge on any atom is 2.00 e. The van der Waals surface area contributed by atoms with Crippen LogP contribution in [0.1, 0.15) is 0 Å². The van der Waals surface area contributed by atoms with Crippen LogP contribution in [0.4, 0.5) is 0 Å². The fourth-order valence-corrected chi connectivity index (χ4v) is 4.69. The molecule has 3 aromatic rings. The molecular weight excluding hydrogens is 620 g/mol. The second-order valence-corrected chi connectivity index (χ2v) is 11.9. The summed E-state index contributed by atoms with van der Waals surface area (Å²) in [7, 11) is 6.26. The Kier molecular flexibility index (Phi) is 23.1. The van der Waals surface area contributed by atoms with E-state index in [-0.39, 0.29) is 40.0 Å². The summed E-state index contributed by atoms with van der Waals surface area (Å²) in [5.41, 5.74) is 0. The van der Waals surface area contributed by atoms with Gasteiger partial charge in [-0.2, -0.15) is 42.1 Å². The van der Waals surface area contributed by atoms with E-state index in [0.717, 1.165) is 19.6 Å². The van der Waals surface area contributed by atoms with Crippen molar-refractivity contribution >= 4 is 99.7 Å². The van der Waals surface area contributed by atoms with Gasteiger partial charge in [-0.1, -0.05) is 12.1 Å². The summed E-state index contributed by atoms with van der Waals surface area (Å²) in [6.07, 6.45) is 6.11. The van der Waals surface area contributed by atoms with Gasteiger partial charge in [-0.25, -0.2) is 8.42 Å². The maximum absolute atomic E-state index is 12.5. The minimum absolute atomic E-state index is 0. The Labute approximate surface area is 244 Å². The quantitative estimate of drug-likeness (QED) is 0.181. The minimum Gasteiger partial charge on any atom is -1.00 e. The molecule has 0 atom stereocenters. The molecule has 0 heterocycles. The van der Waals surface area contributed by atoms with E-state index in [9.17, 15) is 4.21 Å². The van der Waals surface area contributed by atoms with Crippen LogP contribution in [-0.2, 0) is 20.0 Å². The summed E-state index contributed by atoms with van der Waals surface area (Å²) in [5.74, 6) is 0. The van der Waals surface area contributed by atoms with Gasteiger partial charge in [0.05, 0.1) is 10.8 Å². The Bertz CT molecular complexity index is 899. The van der Waals surface area contributed by atoms with Crippen molar-refractivity contribution < 1.29 is 25.4 Å². The van der Waals surface area contributed by atoms with Crippen molar-refractivity contribution in [3.63, 3.8) is 0 Å². The molecule has 0 aliphatic carbocycles. The SMILES string of the molecule is CSc1c[c-]ccc1.CSc1cccc(S(=O)c2cccc(SC)c2)c1.O=S(Cl)Cl.[Br-].[Mg+2]. The van der Waals surface area contributed by atoms with Crippen molar-refractivity contribution in [2.75, 3.05) is 18.8 Å². The van der Waals surface area contributed by atoms with Gasteiger partial charge < -0.3 is 17.0 Å². The van der Waals surface area contributed by atoms with Gasteiger partial charge >= 0.3 is 23.1 Å². The zero-order chi connectivity index (χ0) is 22.4. The molecule has 0 aliphatic rings. The second kappa shape index (κ2) is 21.1. The van der Waals surface area contributed by atoms with Crippen molar-refractivity contribution in [1.29, 1.82) is 0 Å². The van der Waals surface area contributed by atoms with Crippen molar-refractivity contribution in [3.05, 3.63) is 78.9 Å². The number of halogens is 3. The van der Waals surface area contributed by atoms with E-state index < -0.39 is 20.0 Å². The zero-order valence-electron chi connectivity index (χ0n) is 17.6. The smallest absolute Gasteiger partial charge is 1.00 e. The molecule has 0 N–H and O–H groups in total. The predicted octanol–water partition coefficient (Wildman–Crippen LogP) is 4.17. The van der Waals surface area contributed by atoms with Crippen LogP contribution in [0.2, 0.25) is 0 Å². The average molecular weight is 641 g/mol. The van der Waals surface area contributed by atoms with E-state index in [1.54, 1.807) is 35.3 Å². The Morgan fingerprint density at radius 1 is 0.750 bits per heavy atom. The summed E-state index contributed by atoms with van der Waals surface area (Å²) >= 11 is 5.07. The van der Waals surface area contributed by atoms with Crippen LogP contribution in [-0.4, -0.2) is 50.2 Å². The van der Waals surface area contributed by atoms with E-state index in [2.05, 4.69) is 39.8 Å². The summed E-state index contributed by atoms with van der Waals surface area (Å²) < 4.78 is 21.6. The van der Waals surface area contributed by atoms with Crippen LogP contribution in [0.15, 0.2) is 97.3 Å². The first-order valence-corrected chi connectivity index (χ1v) is 16.0. The van der Waals surface area contributed by atoms with Gasteiger partial charge in [-0.15, -0.1) is 28.4 Å². The van der Waals surface area contributed by atoms with Crippen LogP contribution >= 0.6 is 56.7 Å². The van der Waals surface area contributed by atoms with E-state index in [1.165, 1.54) is 4.90 Å². The summed E-state index contributed by atoms with van der Waals surface area (Å²) in [6, 6.07) is 26.7. The monoisotopic (exact) mass is 638 g/mol. The molecule has 0 amide bonds. The molecule has 170 valence electrons. The minimum atomic E-state index is -1.67. The van der Waals surface area contributed by atoms with Gasteiger partial charge in [0, 0.05) is 40.9 Å². The third-order valence-corrected chi connectivity index (χ3v) is 6.96. The molecule has 0 spiro atoms. The van der Waals surface area contributed by atoms with Crippen LogP contribution in [0.5, 0.6) is 0 Å². The van der Waals surface area contributed by atoms with E-state index in [4.69, 9.17) is 4.21 Å². The third kappa shape index (κ3) is 15.0. The van der Waals surface area contributed by atoms with Gasteiger partial charge in [-0.3, -0.25) is 0 Å². The average Bonchev–Trinajstić information content (AvgIpc) is 2.79. The molecule has 0 unspecified atom stereocenters. The molecule has 11 heteroatoms. The third-order valence-electron chi connectivity index (χ3n) is 3.42. The van der Waals surface area contributed by atoms with Crippen LogP contribution in [0.25, 0.3) is 0 Å². The largest absolute Gasteiger partial charge is 2.00 e. The molecule has 0 fully saturated rings. The summed E-state index contributed by atoms with van der Waals surface area (Å²) in [5, 5.41) is 0. The Hall–Kier alpha value is 0.836. The number of thioether (sulfide) groups is 3. The van der Waals surface area contributed by atoms with Gasteiger partial charge in [0.25, 0.3) is 0 Å². The Balaban J connectivity index is 0. The van der Waals surface area contributed by atoms with Crippen LogP contribution in [0.3, 0.4) is 0 Å². The molecule has 0 radical (unpaired) electrons. The fourth-order valence-electron chi connectivity index (χ4n) is 2.07. The normalized spacial score (nSPS) is 9.47. The topological polar surface area (TPSA) is 34.1 Å². The molecule has 0 bridgehead atoms. The molecule has 3 rings (SSSR count). The molecule has 0 aromatic heterocycles. The van der Waals surface area contributed by atoms with Gasteiger partial charge in [-0.05, 0) is 55.2 Å². The Morgan fingerprint density at radius 2 is 1.16 bits per heavy atom. The van der Waals surface area contributed by atoms with E-state index in [1.807, 2.05) is 79.2 Å². The first kappa shape index (κ1) is 35.0. The van der Waals surface area contributed by atoms with Crippen molar-refractivity contribution in [1.82, 2.24) is 0 Å². The zero-order valence-corrected chi connectivity index (χ0v) is 26.2. The van der Waals surface area contributed by atoms with Crippen LogP contribution < -0.4 is 17.0 Å². The van der Waals surface area contributed by atoms with Crippen LogP contribution in [0, 0.1) is 6.07 Å². The fraction of sp³-hybridized carbons (Fsp3) is 0.143.